The number of nitrogens with zero attached hydrogens (tertiary/aromatic N) is 1. The second-order valence-electron chi connectivity index (χ2n) is 3.90. The zero-order valence-electron chi connectivity index (χ0n) is 9.25. The molecule has 0 aliphatic rings. The predicted octanol–water partition coefficient (Wildman–Crippen LogP) is 2.12. The number of fused-ring (bicyclic) bond motifs is 1. The van der Waals surface area contributed by atoms with Gasteiger partial charge in [0.2, 0.25) is 0 Å². The first kappa shape index (κ1) is 11.7. The average Bonchev–Trinajstić information content (AvgIpc) is 2.51. The zero-order valence-corrected chi connectivity index (χ0v) is 10.0. The van der Waals surface area contributed by atoms with Crippen LogP contribution < -0.4 is 5.73 Å². The van der Waals surface area contributed by atoms with Gasteiger partial charge in [-0.25, -0.2) is 4.98 Å². The Morgan fingerprint density at radius 2 is 2.35 bits per heavy atom. The molecule has 0 bridgehead atoms. The monoisotopic (exact) mass is 253 g/mol. The number of anilines is 1. The van der Waals surface area contributed by atoms with E-state index in [4.69, 9.17) is 22.4 Å². The molecule has 0 spiro atoms. The number of halogens is 1. The Hall–Kier alpha value is -1.75. The van der Waals surface area contributed by atoms with Gasteiger partial charge in [-0.2, -0.15) is 0 Å². The molecule has 0 atom stereocenters. The summed E-state index contributed by atoms with van der Waals surface area (Å²) >= 11 is 5.85. The van der Waals surface area contributed by atoms with Crippen LogP contribution in [0.25, 0.3) is 11.0 Å². The summed E-state index contributed by atoms with van der Waals surface area (Å²) in [6.45, 7) is 1.90. The van der Waals surface area contributed by atoms with Crippen LogP contribution in [0.1, 0.15) is 17.5 Å². The third-order valence-corrected chi connectivity index (χ3v) is 2.85. The van der Waals surface area contributed by atoms with E-state index < -0.39 is 5.97 Å². The van der Waals surface area contributed by atoms with Crippen molar-refractivity contribution in [3.05, 3.63) is 22.3 Å². The number of carboxylic acids is 1. The number of hydrogen-bond acceptors (Lipinski definition) is 3. The standard InChI is InChI=1S/C11H12ClN3O2/c1-5-4-7(12)14-11-9(5)6(10(13)15-11)2-3-8(16)17/h4H,2-3,13H2,1H3,(H,14,15)(H,16,17). The number of pyridine rings is 1. The van der Waals surface area contributed by atoms with Crippen molar-refractivity contribution in [2.45, 2.75) is 19.8 Å². The maximum absolute atomic E-state index is 10.6. The molecule has 0 radical (unpaired) electrons. The molecular weight excluding hydrogens is 242 g/mol. The van der Waals surface area contributed by atoms with Gasteiger partial charge in [0, 0.05) is 17.4 Å². The Kier molecular flexibility index (Phi) is 2.93. The fourth-order valence-corrected chi connectivity index (χ4v) is 2.18. The molecule has 4 N–H and O–H groups in total. The van der Waals surface area contributed by atoms with Gasteiger partial charge in [-0.1, -0.05) is 11.6 Å². The van der Waals surface area contributed by atoms with Gasteiger partial charge in [0.05, 0.1) is 0 Å². The molecule has 2 aromatic heterocycles. The molecule has 5 nitrogen and oxygen atoms in total. The lowest BCUT2D eigenvalue weighted by molar-refractivity contribution is -0.136. The van der Waals surface area contributed by atoms with Crippen LogP contribution in [0.3, 0.4) is 0 Å². The van der Waals surface area contributed by atoms with Gasteiger partial charge in [-0.15, -0.1) is 0 Å². The number of carboxylic acid groups (broad SMARTS) is 1. The SMILES string of the molecule is Cc1cc(Cl)nc2[nH]c(N)c(CCC(=O)O)c12. The number of aryl methyl sites for hydroxylation is 2. The molecule has 17 heavy (non-hydrogen) atoms. The van der Waals surface area contributed by atoms with Crippen LogP contribution >= 0.6 is 11.6 Å². The second-order valence-corrected chi connectivity index (χ2v) is 4.28. The Bertz CT molecular complexity index is 592. The summed E-state index contributed by atoms with van der Waals surface area (Å²) in [5, 5.41) is 9.96. The number of nitrogen functional groups attached to an aromatic ring is 1. The van der Waals surface area contributed by atoms with Crippen LogP contribution in [0.15, 0.2) is 6.07 Å². The van der Waals surface area contributed by atoms with Gasteiger partial charge >= 0.3 is 5.97 Å². The highest BCUT2D eigenvalue weighted by Gasteiger charge is 2.14. The average molecular weight is 254 g/mol. The summed E-state index contributed by atoms with van der Waals surface area (Å²) < 4.78 is 0. The fraction of sp³-hybridized carbons (Fsp3) is 0.273. The van der Waals surface area contributed by atoms with E-state index in [2.05, 4.69) is 9.97 Å². The molecule has 2 rings (SSSR count). The Morgan fingerprint density at radius 3 is 3.00 bits per heavy atom. The first-order valence-corrected chi connectivity index (χ1v) is 5.52. The van der Waals surface area contributed by atoms with E-state index in [-0.39, 0.29) is 6.42 Å². The van der Waals surface area contributed by atoms with Gasteiger partial charge in [-0.3, -0.25) is 4.79 Å². The minimum Gasteiger partial charge on any atom is -0.481 e. The number of rotatable bonds is 3. The lowest BCUT2D eigenvalue weighted by Gasteiger charge is -2.01. The normalized spacial score (nSPS) is 10.9. The van der Waals surface area contributed by atoms with Crippen LogP contribution in [0, 0.1) is 6.92 Å². The molecule has 0 unspecified atom stereocenters. The highest BCUT2D eigenvalue weighted by Crippen LogP contribution is 2.28. The number of nitrogens with one attached hydrogen (secondary N) is 1. The molecule has 2 heterocycles. The Morgan fingerprint density at radius 1 is 1.65 bits per heavy atom. The van der Waals surface area contributed by atoms with Crippen LogP contribution in [0.4, 0.5) is 5.82 Å². The highest BCUT2D eigenvalue weighted by atomic mass is 35.5. The van der Waals surface area contributed by atoms with Crippen molar-refractivity contribution in [2.75, 3.05) is 5.73 Å². The molecule has 0 saturated heterocycles. The Balaban J connectivity index is 2.54. The molecule has 90 valence electrons. The summed E-state index contributed by atoms with van der Waals surface area (Å²) in [6.07, 6.45) is 0.421. The van der Waals surface area contributed by atoms with Crippen LogP contribution in [-0.2, 0) is 11.2 Å². The lowest BCUT2D eigenvalue weighted by Crippen LogP contribution is -1.99. The van der Waals surface area contributed by atoms with E-state index in [9.17, 15) is 4.79 Å². The molecule has 0 fully saturated rings. The van der Waals surface area contributed by atoms with Crippen molar-refractivity contribution in [2.24, 2.45) is 0 Å². The third kappa shape index (κ3) is 2.19. The van der Waals surface area contributed by atoms with Crippen molar-refractivity contribution < 1.29 is 9.90 Å². The molecular formula is C11H12ClN3O2. The molecule has 6 heteroatoms. The number of aromatic amines is 1. The number of H-pyrrole nitrogens is 1. The van der Waals surface area contributed by atoms with Gasteiger partial charge in [0.1, 0.15) is 16.6 Å². The van der Waals surface area contributed by atoms with Gasteiger partial charge < -0.3 is 15.8 Å². The number of nitrogens with two attached hydrogens (primary N) is 1. The molecule has 0 amide bonds. The summed E-state index contributed by atoms with van der Waals surface area (Å²) in [5.41, 5.74) is 8.17. The van der Waals surface area contributed by atoms with Crippen LogP contribution in [0.2, 0.25) is 5.15 Å². The van der Waals surface area contributed by atoms with Gasteiger partial charge in [0.25, 0.3) is 0 Å². The minimum absolute atomic E-state index is 0.0409. The maximum atomic E-state index is 10.6. The predicted molar refractivity (Wildman–Crippen MR) is 66.2 cm³/mol. The van der Waals surface area contributed by atoms with E-state index in [0.717, 1.165) is 16.5 Å². The van der Waals surface area contributed by atoms with Crippen molar-refractivity contribution in [3.8, 4) is 0 Å². The van der Waals surface area contributed by atoms with Crippen LogP contribution in [0.5, 0.6) is 0 Å². The Labute approximate surface area is 103 Å². The van der Waals surface area contributed by atoms with Crippen LogP contribution in [-0.4, -0.2) is 21.0 Å². The van der Waals surface area contributed by atoms with Crippen molar-refractivity contribution in [1.29, 1.82) is 0 Å². The van der Waals surface area contributed by atoms with Gasteiger partial charge in [0.15, 0.2) is 0 Å². The third-order valence-electron chi connectivity index (χ3n) is 2.65. The zero-order chi connectivity index (χ0) is 12.6. The molecule has 0 aliphatic carbocycles. The number of hydrogen-bond donors (Lipinski definition) is 3. The lowest BCUT2D eigenvalue weighted by atomic mass is 10.1. The number of aliphatic carboxylic acids is 1. The molecule has 0 aliphatic heterocycles. The van der Waals surface area contributed by atoms with E-state index in [1.807, 2.05) is 6.92 Å². The summed E-state index contributed by atoms with van der Waals surface area (Å²) in [5.74, 6) is -0.391. The van der Waals surface area contributed by atoms with E-state index in [1.165, 1.54) is 0 Å². The first-order chi connectivity index (χ1) is 7.99. The van der Waals surface area contributed by atoms with Crippen molar-refractivity contribution in [1.82, 2.24) is 9.97 Å². The van der Waals surface area contributed by atoms with E-state index >= 15 is 0 Å². The second kappa shape index (κ2) is 4.25. The number of aromatic nitrogens is 2. The molecule has 0 saturated carbocycles. The number of carbonyl (C=O) groups is 1. The maximum Gasteiger partial charge on any atom is 0.303 e. The molecule has 0 aromatic carbocycles. The van der Waals surface area contributed by atoms with Crippen molar-refractivity contribution >= 4 is 34.4 Å². The summed E-state index contributed by atoms with van der Waals surface area (Å²) in [6, 6.07) is 1.74. The van der Waals surface area contributed by atoms with E-state index in [0.29, 0.717) is 23.0 Å². The fourth-order valence-electron chi connectivity index (χ4n) is 1.93. The van der Waals surface area contributed by atoms with E-state index in [1.54, 1.807) is 6.07 Å². The topological polar surface area (TPSA) is 92.0 Å². The largest absolute Gasteiger partial charge is 0.481 e. The summed E-state index contributed by atoms with van der Waals surface area (Å²) in [4.78, 5) is 17.6. The molecule has 2 aromatic rings. The van der Waals surface area contributed by atoms with Gasteiger partial charge in [-0.05, 0) is 25.0 Å². The minimum atomic E-state index is -0.849. The first-order valence-electron chi connectivity index (χ1n) is 5.14. The van der Waals surface area contributed by atoms with Crippen molar-refractivity contribution in [3.63, 3.8) is 0 Å². The quantitative estimate of drug-likeness (QED) is 0.731. The highest BCUT2D eigenvalue weighted by molar-refractivity contribution is 6.29. The summed E-state index contributed by atoms with van der Waals surface area (Å²) in [7, 11) is 0. The smallest absolute Gasteiger partial charge is 0.303 e.